The molecule has 1 fully saturated rings. The van der Waals surface area contributed by atoms with Crippen molar-refractivity contribution < 1.29 is 19.0 Å². The fraction of sp³-hybridized carbons (Fsp3) is 0.500. The van der Waals surface area contributed by atoms with Gasteiger partial charge in [0.2, 0.25) is 0 Å². The minimum absolute atomic E-state index is 0.236. The number of hydrogen-bond donors (Lipinski definition) is 1. The molecule has 2 rings (SSSR count). The van der Waals surface area contributed by atoms with Gasteiger partial charge < -0.3 is 9.84 Å². The topological polar surface area (TPSA) is 46.5 Å². The first-order chi connectivity index (χ1) is 8.44. The minimum Gasteiger partial charge on any atom is -0.481 e. The van der Waals surface area contributed by atoms with Gasteiger partial charge in [0.05, 0.1) is 19.1 Å². The van der Waals surface area contributed by atoms with Crippen LogP contribution in [-0.2, 0) is 14.9 Å². The SMILES string of the molecule is Cc1cc(C2(CC(C)C(=O)O)COC2)ccc1F. The third kappa shape index (κ3) is 2.25. The van der Waals surface area contributed by atoms with E-state index in [0.29, 0.717) is 25.2 Å². The molecule has 1 unspecified atom stereocenters. The first-order valence-corrected chi connectivity index (χ1v) is 6.02. The lowest BCUT2D eigenvalue weighted by molar-refractivity contribution is -0.144. The van der Waals surface area contributed by atoms with Crippen molar-refractivity contribution in [2.75, 3.05) is 13.2 Å². The normalized spacial score (nSPS) is 19.1. The number of carbonyl (C=O) groups is 1. The van der Waals surface area contributed by atoms with Crippen LogP contribution in [0.2, 0.25) is 0 Å². The van der Waals surface area contributed by atoms with Crippen molar-refractivity contribution in [1.29, 1.82) is 0 Å². The van der Waals surface area contributed by atoms with Gasteiger partial charge in [-0.3, -0.25) is 4.79 Å². The highest BCUT2D eigenvalue weighted by molar-refractivity contribution is 5.69. The van der Waals surface area contributed by atoms with E-state index in [1.165, 1.54) is 6.07 Å². The van der Waals surface area contributed by atoms with Gasteiger partial charge in [0.1, 0.15) is 5.82 Å². The third-order valence-electron chi connectivity index (χ3n) is 3.65. The van der Waals surface area contributed by atoms with E-state index in [2.05, 4.69) is 0 Å². The maximum absolute atomic E-state index is 13.3. The summed E-state index contributed by atoms with van der Waals surface area (Å²) >= 11 is 0. The molecule has 1 atom stereocenters. The molecule has 1 aliphatic rings. The van der Waals surface area contributed by atoms with E-state index in [4.69, 9.17) is 9.84 Å². The molecule has 0 bridgehead atoms. The maximum Gasteiger partial charge on any atom is 0.306 e. The van der Waals surface area contributed by atoms with Crippen molar-refractivity contribution in [2.24, 2.45) is 5.92 Å². The molecule has 1 aromatic rings. The van der Waals surface area contributed by atoms with E-state index in [-0.39, 0.29) is 11.2 Å². The molecule has 0 aliphatic carbocycles. The molecule has 1 N–H and O–H groups in total. The van der Waals surface area contributed by atoms with Gasteiger partial charge in [0, 0.05) is 5.41 Å². The molecule has 0 amide bonds. The summed E-state index contributed by atoms with van der Waals surface area (Å²) in [5.74, 6) is -1.47. The maximum atomic E-state index is 13.3. The van der Waals surface area contributed by atoms with Crippen LogP contribution >= 0.6 is 0 Å². The van der Waals surface area contributed by atoms with Gasteiger partial charge in [-0.2, -0.15) is 0 Å². The van der Waals surface area contributed by atoms with Gasteiger partial charge in [0.15, 0.2) is 0 Å². The fourth-order valence-corrected chi connectivity index (χ4v) is 2.40. The molecule has 3 nitrogen and oxygen atoms in total. The molecule has 1 saturated heterocycles. The summed E-state index contributed by atoms with van der Waals surface area (Å²) in [7, 11) is 0. The van der Waals surface area contributed by atoms with Gasteiger partial charge in [-0.25, -0.2) is 4.39 Å². The second-order valence-electron chi connectivity index (χ2n) is 5.18. The highest BCUT2D eigenvalue weighted by Gasteiger charge is 2.42. The van der Waals surface area contributed by atoms with Gasteiger partial charge in [-0.05, 0) is 30.5 Å². The number of rotatable bonds is 4. The van der Waals surface area contributed by atoms with Crippen LogP contribution in [0.3, 0.4) is 0 Å². The van der Waals surface area contributed by atoms with E-state index in [0.717, 1.165) is 5.56 Å². The number of carboxylic acids is 1. The molecule has 1 aliphatic heterocycles. The largest absolute Gasteiger partial charge is 0.481 e. The van der Waals surface area contributed by atoms with Gasteiger partial charge >= 0.3 is 5.97 Å². The summed E-state index contributed by atoms with van der Waals surface area (Å²) in [6.07, 6.45) is 0.521. The predicted molar refractivity (Wildman–Crippen MR) is 65.1 cm³/mol. The lowest BCUT2D eigenvalue weighted by Crippen LogP contribution is -2.48. The zero-order chi connectivity index (χ0) is 13.3. The Balaban J connectivity index is 2.26. The van der Waals surface area contributed by atoms with E-state index < -0.39 is 11.9 Å². The Kier molecular flexibility index (Phi) is 3.39. The molecule has 98 valence electrons. The molecule has 0 aromatic heterocycles. The Hall–Kier alpha value is -1.42. The number of hydrogen-bond acceptors (Lipinski definition) is 2. The predicted octanol–water partition coefficient (Wildman–Crippen LogP) is 2.51. The summed E-state index contributed by atoms with van der Waals surface area (Å²) in [6, 6.07) is 4.97. The monoisotopic (exact) mass is 252 g/mol. The van der Waals surface area contributed by atoms with Crippen molar-refractivity contribution >= 4 is 5.97 Å². The van der Waals surface area contributed by atoms with Crippen LogP contribution in [0, 0.1) is 18.7 Å². The van der Waals surface area contributed by atoms with Crippen LogP contribution in [0.25, 0.3) is 0 Å². The number of carboxylic acid groups (broad SMARTS) is 1. The second kappa shape index (κ2) is 4.69. The summed E-state index contributed by atoms with van der Waals surface area (Å²) in [5.41, 5.74) is 1.29. The number of aryl methyl sites for hydroxylation is 1. The number of aliphatic carboxylic acids is 1. The molecule has 0 saturated carbocycles. The molecular weight excluding hydrogens is 235 g/mol. The summed E-state index contributed by atoms with van der Waals surface area (Å²) in [5, 5.41) is 9.01. The average Bonchev–Trinajstić information content (AvgIpc) is 2.27. The van der Waals surface area contributed by atoms with Crippen molar-refractivity contribution in [2.45, 2.75) is 25.7 Å². The first kappa shape index (κ1) is 13.0. The summed E-state index contributed by atoms with van der Waals surface area (Å²) in [4.78, 5) is 11.0. The third-order valence-corrected chi connectivity index (χ3v) is 3.65. The molecule has 4 heteroatoms. The van der Waals surface area contributed by atoms with Crippen LogP contribution in [0.1, 0.15) is 24.5 Å². The van der Waals surface area contributed by atoms with E-state index >= 15 is 0 Å². The van der Waals surface area contributed by atoms with Crippen molar-refractivity contribution in [1.82, 2.24) is 0 Å². The van der Waals surface area contributed by atoms with Crippen LogP contribution in [-0.4, -0.2) is 24.3 Å². The van der Waals surface area contributed by atoms with Crippen molar-refractivity contribution in [3.05, 3.63) is 35.1 Å². The fourth-order valence-electron chi connectivity index (χ4n) is 2.40. The van der Waals surface area contributed by atoms with Crippen molar-refractivity contribution in [3.8, 4) is 0 Å². The van der Waals surface area contributed by atoms with Crippen molar-refractivity contribution in [3.63, 3.8) is 0 Å². The Bertz CT molecular complexity index is 466. The lowest BCUT2D eigenvalue weighted by Gasteiger charge is -2.43. The zero-order valence-corrected chi connectivity index (χ0v) is 10.6. The molecule has 1 heterocycles. The Morgan fingerprint density at radius 1 is 1.56 bits per heavy atom. The molecular formula is C14H17FO3. The van der Waals surface area contributed by atoms with Crippen LogP contribution in [0.15, 0.2) is 18.2 Å². The number of halogens is 1. The molecule has 1 aromatic carbocycles. The number of benzene rings is 1. The quantitative estimate of drug-likeness (QED) is 0.895. The summed E-state index contributed by atoms with van der Waals surface area (Å²) in [6.45, 7) is 4.43. The van der Waals surface area contributed by atoms with Crippen LogP contribution in [0.5, 0.6) is 0 Å². The van der Waals surface area contributed by atoms with Gasteiger partial charge in [-0.15, -0.1) is 0 Å². The van der Waals surface area contributed by atoms with E-state index in [1.54, 1.807) is 26.0 Å². The highest BCUT2D eigenvalue weighted by atomic mass is 19.1. The van der Waals surface area contributed by atoms with E-state index in [9.17, 15) is 9.18 Å². The van der Waals surface area contributed by atoms with Crippen LogP contribution in [0.4, 0.5) is 4.39 Å². The Labute approximate surface area is 106 Å². The molecule has 0 radical (unpaired) electrons. The van der Waals surface area contributed by atoms with E-state index in [1.807, 2.05) is 0 Å². The van der Waals surface area contributed by atoms with Gasteiger partial charge in [0.25, 0.3) is 0 Å². The molecule has 0 spiro atoms. The number of ether oxygens (including phenoxy) is 1. The minimum atomic E-state index is -0.805. The first-order valence-electron chi connectivity index (χ1n) is 6.02. The second-order valence-corrected chi connectivity index (χ2v) is 5.18. The van der Waals surface area contributed by atoms with Gasteiger partial charge in [-0.1, -0.05) is 19.1 Å². The summed E-state index contributed by atoms with van der Waals surface area (Å²) < 4.78 is 18.5. The average molecular weight is 252 g/mol. The Morgan fingerprint density at radius 2 is 2.22 bits per heavy atom. The standard InChI is InChI=1S/C14H17FO3/c1-9-5-11(3-4-12(9)15)14(7-18-8-14)6-10(2)13(16)17/h3-5,10H,6-8H2,1-2H3,(H,16,17). The van der Waals surface area contributed by atoms with Crippen LogP contribution < -0.4 is 0 Å². The smallest absolute Gasteiger partial charge is 0.306 e. The zero-order valence-electron chi connectivity index (χ0n) is 10.6. The molecule has 18 heavy (non-hydrogen) atoms. The highest BCUT2D eigenvalue weighted by Crippen LogP contribution is 2.38. The Morgan fingerprint density at radius 3 is 2.67 bits per heavy atom. The lowest BCUT2D eigenvalue weighted by atomic mass is 9.72.